The summed E-state index contributed by atoms with van der Waals surface area (Å²) in [5, 5.41) is 5.99. The Morgan fingerprint density at radius 2 is 1.50 bits per heavy atom. The number of benzene rings is 3. The quantitative estimate of drug-likeness (QED) is 0.618. The predicted molar refractivity (Wildman–Crippen MR) is 106 cm³/mol. The van der Waals surface area contributed by atoms with Crippen molar-refractivity contribution in [3.8, 4) is 0 Å². The summed E-state index contributed by atoms with van der Waals surface area (Å²) in [6, 6.07) is 20.1. The Hall–Kier alpha value is -3.67. The maximum atomic E-state index is 13.2. The summed E-state index contributed by atoms with van der Waals surface area (Å²) in [4.78, 5) is 23.5. The van der Waals surface area contributed by atoms with Crippen molar-refractivity contribution in [2.75, 3.05) is 17.7 Å². The number of amides is 1. The maximum absolute atomic E-state index is 13.2. The first kappa shape index (κ1) is 19.1. The molecular formula is C22H19FN2O3. The van der Waals surface area contributed by atoms with E-state index in [1.54, 1.807) is 48.5 Å². The minimum Gasteiger partial charge on any atom is -0.465 e. The summed E-state index contributed by atoms with van der Waals surface area (Å²) < 4.78 is 17.9. The van der Waals surface area contributed by atoms with Crippen LogP contribution in [0.5, 0.6) is 0 Å². The first-order valence-corrected chi connectivity index (χ1v) is 8.63. The first-order chi connectivity index (χ1) is 13.5. The van der Waals surface area contributed by atoms with Crippen molar-refractivity contribution in [1.29, 1.82) is 0 Å². The number of ether oxygens (including phenoxy) is 1. The minimum atomic E-state index is -0.384. The molecule has 0 aliphatic rings. The molecule has 2 N–H and O–H groups in total. The van der Waals surface area contributed by atoms with E-state index in [1.165, 1.54) is 19.2 Å². The Morgan fingerprint density at radius 3 is 2.11 bits per heavy atom. The molecule has 0 spiro atoms. The van der Waals surface area contributed by atoms with Gasteiger partial charge in [0.05, 0.1) is 19.1 Å². The molecule has 3 aromatic carbocycles. The van der Waals surface area contributed by atoms with Crippen molar-refractivity contribution in [2.24, 2.45) is 0 Å². The molecule has 0 aliphatic carbocycles. The number of carbonyl (C=O) groups is 2. The SMILES string of the molecule is COC(=O)c1ccc(Nc2ccc(NC(=O)Cc3cccc(F)c3)cc2)cc1. The lowest BCUT2D eigenvalue weighted by Gasteiger charge is -2.09. The fourth-order valence-electron chi connectivity index (χ4n) is 2.65. The summed E-state index contributed by atoms with van der Waals surface area (Å²) in [6.07, 6.45) is 0.101. The fraction of sp³-hybridized carbons (Fsp3) is 0.0909. The third-order valence-electron chi connectivity index (χ3n) is 4.02. The van der Waals surface area contributed by atoms with Crippen LogP contribution in [-0.4, -0.2) is 19.0 Å². The van der Waals surface area contributed by atoms with Gasteiger partial charge in [-0.3, -0.25) is 4.79 Å². The number of rotatable bonds is 6. The third kappa shape index (κ3) is 5.17. The highest BCUT2D eigenvalue weighted by atomic mass is 19.1. The second-order valence-corrected chi connectivity index (χ2v) is 6.13. The number of esters is 1. The number of carbonyl (C=O) groups excluding carboxylic acids is 2. The summed E-state index contributed by atoms with van der Waals surface area (Å²) in [5.74, 6) is -0.963. The van der Waals surface area contributed by atoms with Crippen LogP contribution >= 0.6 is 0 Å². The van der Waals surface area contributed by atoms with Crippen LogP contribution in [0.1, 0.15) is 15.9 Å². The summed E-state index contributed by atoms with van der Waals surface area (Å²) in [6.45, 7) is 0. The van der Waals surface area contributed by atoms with Crippen LogP contribution in [-0.2, 0) is 16.0 Å². The number of nitrogens with one attached hydrogen (secondary N) is 2. The standard InChI is InChI=1S/C22H19FN2O3/c1-28-22(27)16-5-7-18(8-6-16)24-19-9-11-20(12-10-19)25-21(26)14-15-3-2-4-17(23)13-15/h2-13,24H,14H2,1H3,(H,25,26). The zero-order chi connectivity index (χ0) is 19.9. The van der Waals surface area contributed by atoms with Gasteiger partial charge in [-0.15, -0.1) is 0 Å². The zero-order valence-corrected chi connectivity index (χ0v) is 15.2. The van der Waals surface area contributed by atoms with Crippen molar-refractivity contribution >= 4 is 28.9 Å². The second kappa shape index (κ2) is 8.81. The molecule has 142 valence electrons. The van der Waals surface area contributed by atoms with E-state index in [0.29, 0.717) is 16.8 Å². The number of methoxy groups -OCH3 is 1. The summed E-state index contributed by atoms with van der Waals surface area (Å²) in [7, 11) is 1.34. The van der Waals surface area contributed by atoms with Crippen LogP contribution in [0.2, 0.25) is 0 Å². The number of anilines is 3. The Labute approximate surface area is 162 Å². The first-order valence-electron chi connectivity index (χ1n) is 8.63. The van der Waals surface area contributed by atoms with Crippen LogP contribution in [0.3, 0.4) is 0 Å². The van der Waals surface area contributed by atoms with E-state index in [9.17, 15) is 14.0 Å². The molecule has 0 fully saturated rings. The predicted octanol–water partition coefficient (Wildman–Crippen LogP) is 4.54. The number of hydrogen-bond donors (Lipinski definition) is 2. The average molecular weight is 378 g/mol. The normalized spacial score (nSPS) is 10.2. The van der Waals surface area contributed by atoms with Crippen LogP contribution in [0, 0.1) is 5.82 Å². The van der Waals surface area contributed by atoms with Gasteiger partial charge in [-0.2, -0.15) is 0 Å². The van der Waals surface area contributed by atoms with Gasteiger partial charge in [-0.25, -0.2) is 9.18 Å². The Morgan fingerprint density at radius 1 is 0.893 bits per heavy atom. The molecule has 5 nitrogen and oxygen atoms in total. The highest BCUT2D eigenvalue weighted by Gasteiger charge is 2.06. The van der Waals surface area contributed by atoms with Gasteiger partial charge in [-0.05, 0) is 66.2 Å². The number of halogens is 1. The van der Waals surface area contributed by atoms with Gasteiger partial charge < -0.3 is 15.4 Å². The van der Waals surface area contributed by atoms with Gasteiger partial charge in [-0.1, -0.05) is 12.1 Å². The Bertz CT molecular complexity index is 970. The van der Waals surface area contributed by atoms with Gasteiger partial charge in [0.25, 0.3) is 0 Å². The van der Waals surface area contributed by atoms with Gasteiger partial charge >= 0.3 is 5.97 Å². The van der Waals surface area contributed by atoms with E-state index in [4.69, 9.17) is 0 Å². The summed E-state index contributed by atoms with van der Waals surface area (Å²) in [5.41, 5.74) is 3.38. The van der Waals surface area contributed by atoms with E-state index in [1.807, 2.05) is 12.1 Å². The molecular weight excluding hydrogens is 359 g/mol. The molecule has 0 saturated carbocycles. The summed E-state index contributed by atoms with van der Waals surface area (Å²) >= 11 is 0. The van der Waals surface area contributed by atoms with Crippen molar-refractivity contribution in [1.82, 2.24) is 0 Å². The average Bonchev–Trinajstić information content (AvgIpc) is 2.69. The van der Waals surface area contributed by atoms with Crippen LogP contribution in [0.4, 0.5) is 21.5 Å². The van der Waals surface area contributed by atoms with Crippen LogP contribution in [0.15, 0.2) is 72.8 Å². The van der Waals surface area contributed by atoms with Crippen LogP contribution in [0.25, 0.3) is 0 Å². The Kier molecular flexibility index (Phi) is 6.01. The molecule has 3 rings (SSSR count). The maximum Gasteiger partial charge on any atom is 0.337 e. The molecule has 0 unspecified atom stereocenters. The van der Waals surface area contributed by atoms with E-state index >= 15 is 0 Å². The smallest absolute Gasteiger partial charge is 0.337 e. The molecule has 3 aromatic rings. The number of hydrogen-bond acceptors (Lipinski definition) is 4. The molecule has 0 aliphatic heterocycles. The largest absolute Gasteiger partial charge is 0.465 e. The van der Waals surface area contributed by atoms with Gasteiger partial charge in [0.2, 0.25) is 5.91 Å². The lowest BCUT2D eigenvalue weighted by atomic mass is 10.1. The molecule has 1 amide bonds. The molecule has 6 heteroatoms. The van der Waals surface area contributed by atoms with Gasteiger partial charge in [0, 0.05) is 17.1 Å². The monoisotopic (exact) mass is 378 g/mol. The van der Waals surface area contributed by atoms with Crippen molar-refractivity contribution in [3.05, 3.63) is 89.7 Å². The van der Waals surface area contributed by atoms with Crippen molar-refractivity contribution in [2.45, 2.75) is 6.42 Å². The Balaban J connectivity index is 1.57. The van der Waals surface area contributed by atoms with Gasteiger partial charge in [0.15, 0.2) is 0 Å². The molecule has 0 atom stereocenters. The second-order valence-electron chi connectivity index (χ2n) is 6.13. The topological polar surface area (TPSA) is 67.4 Å². The molecule has 28 heavy (non-hydrogen) atoms. The van der Waals surface area contributed by atoms with E-state index in [-0.39, 0.29) is 24.1 Å². The van der Waals surface area contributed by atoms with Gasteiger partial charge in [0.1, 0.15) is 5.82 Å². The fourth-order valence-corrected chi connectivity index (χ4v) is 2.65. The molecule has 0 heterocycles. The third-order valence-corrected chi connectivity index (χ3v) is 4.02. The highest BCUT2D eigenvalue weighted by molar-refractivity contribution is 5.92. The molecule has 0 aromatic heterocycles. The van der Waals surface area contributed by atoms with E-state index in [0.717, 1.165) is 11.4 Å². The zero-order valence-electron chi connectivity index (χ0n) is 15.2. The van der Waals surface area contributed by atoms with Crippen molar-refractivity contribution < 1.29 is 18.7 Å². The van der Waals surface area contributed by atoms with E-state index < -0.39 is 0 Å². The lowest BCUT2D eigenvalue weighted by Crippen LogP contribution is -2.14. The molecule has 0 saturated heterocycles. The highest BCUT2D eigenvalue weighted by Crippen LogP contribution is 2.20. The molecule has 0 radical (unpaired) electrons. The minimum absolute atomic E-state index is 0.101. The lowest BCUT2D eigenvalue weighted by molar-refractivity contribution is -0.115. The molecule has 0 bridgehead atoms. The van der Waals surface area contributed by atoms with Crippen LogP contribution < -0.4 is 10.6 Å². The van der Waals surface area contributed by atoms with E-state index in [2.05, 4.69) is 15.4 Å². The van der Waals surface area contributed by atoms with Crippen molar-refractivity contribution in [3.63, 3.8) is 0 Å².